The van der Waals surface area contributed by atoms with Crippen LogP contribution in [0.1, 0.15) is 35.3 Å². The summed E-state index contributed by atoms with van der Waals surface area (Å²) in [7, 11) is 0. The highest BCUT2D eigenvalue weighted by atomic mass is 16.2. The molecule has 0 saturated carbocycles. The minimum Gasteiger partial charge on any atom is -0.326 e. The number of hydrogen-bond donors (Lipinski definition) is 3. The monoisotopic (exact) mass is 339 g/mol. The van der Waals surface area contributed by atoms with Gasteiger partial charge >= 0.3 is 0 Å². The third-order valence-corrected chi connectivity index (χ3v) is 3.70. The molecule has 0 aliphatic rings. The molecule has 6 heteroatoms. The number of carbonyl (C=O) groups is 3. The van der Waals surface area contributed by atoms with E-state index in [9.17, 15) is 14.4 Å². The van der Waals surface area contributed by atoms with E-state index >= 15 is 0 Å². The van der Waals surface area contributed by atoms with E-state index in [4.69, 9.17) is 0 Å². The molecule has 3 N–H and O–H groups in total. The normalized spacial score (nSPS) is 10.1. The molecule has 0 saturated heterocycles. The molecule has 0 fully saturated rings. The van der Waals surface area contributed by atoms with Gasteiger partial charge in [-0.25, -0.2) is 0 Å². The van der Waals surface area contributed by atoms with Crippen molar-refractivity contribution in [3.8, 4) is 0 Å². The minimum absolute atomic E-state index is 0.176. The van der Waals surface area contributed by atoms with Crippen molar-refractivity contribution < 1.29 is 14.4 Å². The summed E-state index contributed by atoms with van der Waals surface area (Å²) in [4.78, 5) is 35.0. The molecule has 3 amide bonds. The van der Waals surface area contributed by atoms with Gasteiger partial charge in [0.25, 0.3) is 5.91 Å². The molecule has 2 rings (SSSR count). The van der Waals surface area contributed by atoms with E-state index < -0.39 is 0 Å². The first-order valence-corrected chi connectivity index (χ1v) is 7.84. The zero-order valence-electron chi connectivity index (χ0n) is 14.7. The average Bonchev–Trinajstić information content (AvgIpc) is 2.52. The van der Waals surface area contributed by atoms with E-state index in [0.29, 0.717) is 22.6 Å². The van der Waals surface area contributed by atoms with Crippen LogP contribution in [0.5, 0.6) is 0 Å². The maximum absolute atomic E-state index is 12.5. The van der Waals surface area contributed by atoms with E-state index in [2.05, 4.69) is 16.0 Å². The summed E-state index contributed by atoms with van der Waals surface area (Å²) in [6.45, 7) is 6.52. The Morgan fingerprint density at radius 2 is 1.32 bits per heavy atom. The lowest BCUT2D eigenvalue weighted by Gasteiger charge is -2.14. The second kappa shape index (κ2) is 7.61. The molecule has 0 unspecified atom stereocenters. The SMILES string of the molecule is CC(=O)Nc1cc(C(=O)Nc2cccc(NC(C)=O)c2C)ccc1C. The number of benzene rings is 2. The summed E-state index contributed by atoms with van der Waals surface area (Å²) < 4.78 is 0. The first-order chi connectivity index (χ1) is 11.8. The average molecular weight is 339 g/mol. The van der Waals surface area contributed by atoms with E-state index in [1.807, 2.05) is 13.8 Å². The maximum Gasteiger partial charge on any atom is 0.255 e. The van der Waals surface area contributed by atoms with Crippen LogP contribution in [0.25, 0.3) is 0 Å². The summed E-state index contributed by atoms with van der Waals surface area (Å²) in [5.41, 5.74) is 3.92. The van der Waals surface area contributed by atoms with Gasteiger partial charge in [0, 0.05) is 36.5 Å². The van der Waals surface area contributed by atoms with Gasteiger partial charge in [0.15, 0.2) is 0 Å². The first kappa shape index (κ1) is 18.2. The highest BCUT2D eigenvalue weighted by Gasteiger charge is 2.12. The zero-order valence-corrected chi connectivity index (χ0v) is 14.7. The first-order valence-electron chi connectivity index (χ1n) is 7.84. The Hall–Kier alpha value is -3.15. The topological polar surface area (TPSA) is 87.3 Å². The Balaban J connectivity index is 2.25. The fourth-order valence-electron chi connectivity index (χ4n) is 2.38. The number of nitrogens with one attached hydrogen (secondary N) is 3. The smallest absolute Gasteiger partial charge is 0.255 e. The molecular weight excluding hydrogens is 318 g/mol. The van der Waals surface area contributed by atoms with Crippen LogP contribution in [0.2, 0.25) is 0 Å². The van der Waals surface area contributed by atoms with Crippen molar-refractivity contribution in [2.75, 3.05) is 16.0 Å². The molecule has 6 nitrogen and oxygen atoms in total. The Morgan fingerprint density at radius 1 is 0.760 bits per heavy atom. The van der Waals surface area contributed by atoms with Crippen LogP contribution in [-0.4, -0.2) is 17.7 Å². The Bertz CT molecular complexity index is 844. The zero-order chi connectivity index (χ0) is 18.6. The van der Waals surface area contributed by atoms with Crippen molar-refractivity contribution >= 4 is 34.8 Å². The van der Waals surface area contributed by atoms with Crippen LogP contribution < -0.4 is 16.0 Å². The predicted molar refractivity (Wildman–Crippen MR) is 98.9 cm³/mol. The third-order valence-electron chi connectivity index (χ3n) is 3.70. The number of rotatable bonds is 4. The number of amides is 3. The van der Waals surface area contributed by atoms with E-state index in [1.165, 1.54) is 13.8 Å². The Kier molecular flexibility index (Phi) is 5.54. The van der Waals surface area contributed by atoms with Crippen molar-refractivity contribution in [3.63, 3.8) is 0 Å². The Labute approximate surface area is 146 Å². The second-order valence-corrected chi connectivity index (χ2v) is 5.82. The van der Waals surface area contributed by atoms with Gasteiger partial charge < -0.3 is 16.0 Å². The molecule has 0 atom stereocenters. The molecule has 0 bridgehead atoms. The van der Waals surface area contributed by atoms with Crippen molar-refractivity contribution in [2.45, 2.75) is 27.7 Å². The number of carbonyl (C=O) groups excluding carboxylic acids is 3. The van der Waals surface area contributed by atoms with Crippen LogP contribution in [0.4, 0.5) is 17.1 Å². The lowest BCUT2D eigenvalue weighted by atomic mass is 10.1. The number of anilines is 3. The van der Waals surface area contributed by atoms with Gasteiger partial charge in [-0.1, -0.05) is 12.1 Å². The van der Waals surface area contributed by atoms with E-state index in [0.717, 1.165) is 11.1 Å². The van der Waals surface area contributed by atoms with Gasteiger partial charge in [0.2, 0.25) is 11.8 Å². The van der Waals surface area contributed by atoms with Crippen LogP contribution in [0.3, 0.4) is 0 Å². The van der Waals surface area contributed by atoms with Gasteiger partial charge in [-0.05, 0) is 49.2 Å². The molecule has 130 valence electrons. The molecule has 0 aliphatic carbocycles. The maximum atomic E-state index is 12.5. The minimum atomic E-state index is -0.297. The van der Waals surface area contributed by atoms with Crippen molar-refractivity contribution in [3.05, 3.63) is 53.1 Å². The standard InChI is InChI=1S/C19H21N3O3/c1-11-8-9-15(10-18(11)21-14(4)24)19(25)22-17-7-5-6-16(12(17)2)20-13(3)23/h5-10H,1-4H3,(H,20,23)(H,21,24)(H,22,25). The molecule has 25 heavy (non-hydrogen) atoms. The molecule has 0 spiro atoms. The summed E-state index contributed by atoms with van der Waals surface area (Å²) in [6.07, 6.45) is 0. The molecule has 0 radical (unpaired) electrons. The fourth-order valence-corrected chi connectivity index (χ4v) is 2.38. The molecular formula is C19H21N3O3. The van der Waals surface area contributed by atoms with Crippen molar-refractivity contribution in [1.82, 2.24) is 0 Å². The van der Waals surface area contributed by atoms with Crippen LogP contribution in [0, 0.1) is 13.8 Å². The van der Waals surface area contributed by atoms with Crippen LogP contribution in [-0.2, 0) is 9.59 Å². The van der Waals surface area contributed by atoms with Crippen LogP contribution >= 0.6 is 0 Å². The number of aryl methyl sites for hydroxylation is 1. The lowest BCUT2D eigenvalue weighted by molar-refractivity contribution is -0.115. The highest BCUT2D eigenvalue weighted by molar-refractivity contribution is 6.06. The van der Waals surface area contributed by atoms with E-state index in [1.54, 1.807) is 36.4 Å². The molecule has 0 aromatic heterocycles. The summed E-state index contributed by atoms with van der Waals surface area (Å²) in [5, 5.41) is 8.27. The molecule has 0 aliphatic heterocycles. The van der Waals surface area contributed by atoms with Gasteiger partial charge in [0.05, 0.1) is 0 Å². The summed E-state index contributed by atoms with van der Waals surface area (Å²) in [6, 6.07) is 10.4. The molecule has 2 aromatic carbocycles. The summed E-state index contributed by atoms with van der Waals surface area (Å²) >= 11 is 0. The molecule has 0 heterocycles. The lowest BCUT2D eigenvalue weighted by Crippen LogP contribution is -2.15. The molecule has 2 aromatic rings. The van der Waals surface area contributed by atoms with Gasteiger partial charge in [0.1, 0.15) is 0 Å². The largest absolute Gasteiger partial charge is 0.326 e. The third kappa shape index (κ3) is 4.67. The van der Waals surface area contributed by atoms with E-state index in [-0.39, 0.29) is 17.7 Å². The highest BCUT2D eigenvalue weighted by Crippen LogP contribution is 2.24. The van der Waals surface area contributed by atoms with Crippen LogP contribution in [0.15, 0.2) is 36.4 Å². The summed E-state index contributed by atoms with van der Waals surface area (Å²) in [5.74, 6) is -0.667. The van der Waals surface area contributed by atoms with Crippen molar-refractivity contribution in [1.29, 1.82) is 0 Å². The van der Waals surface area contributed by atoms with Gasteiger partial charge in [-0.15, -0.1) is 0 Å². The Morgan fingerprint density at radius 3 is 1.92 bits per heavy atom. The van der Waals surface area contributed by atoms with Gasteiger partial charge in [-0.3, -0.25) is 14.4 Å². The van der Waals surface area contributed by atoms with Gasteiger partial charge in [-0.2, -0.15) is 0 Å². The fraction of sp³-hybridized carbons (Fsp3) is 0.211. The second-order valence-electron chi connectivity index (χ2n) is 5.82. The predicted octanol–water partition coefficient (Wildman–Crippen LogP) is 3.47. The number of hydrogen-bond acceptors (Lipinski definition) is 3. The quantitative estimate of drug-likeness (QED) is 0.797. The van der Waals surface area contributed by atoms with Crippen molar-refractivity contribution in [2.24, 2.45) is 0 Å².